The van der Waals surface area contributed by atoms with Crippen molar-refractivity contribution in [3.63, 3.8) is 0 Å². The summed E-state index contributed by atoms with van der Waals surface area (Å²) in [5.41, 5.74) is 7.99. The van der Waals surface area contributed by atoms with Crippen LogP contribution in [0.1, 0.15) is 37.8 Å². The van der Waals surface area contributed by atoms with E-state index in [0.29, 0.717) is 6.04 Å². The Morgan fingerprint density at radius 2 is 2.00 bits per heavy atom. The van der Waals surface area contributed by atoms with Crippen LogP contribution in [0.5, 0.6) is 0 Å². The van der Waals surface area contributed by atoms with Crippen molar-refractivity contribution in [3.8, 4) is 0 Å². The molecule has 0 spiro atoms. The molecule has 1 saturated heterocycles. The molecule has 86 valence electrons. The normalized spacial score (nSPS) is 30.8. The van der Waals surface area contributed by atoms with Gasteiger partial charge in [-0.2, -0.15) is 0 Å². The first-order chi connectivity index (χ1) is 7.74. The SMILES string of the molecule is CC(c1ccc(N)cc1)N1CC2CCC1C2. The molecule has 2 aliphatic rings. The number of nitrogens with zero attached hydrogens (tertiary/aromatic N) is 1. The molecule has 2 heteroatoms. The second-order valence-electron chi connectivity index (χ2n) is 5.37. The molecule has 3 rings (SSSR count). The smallest absolute Gasteiger partial charge is 0.0322 e. The minimum absolute atomic E-state index is 0.552. The van der Waals surface area contributed by atoms with Crippen LogP contribution in [0.4, 0.5) is 5.69 Å². The van der Waals surface area contributed by atoms with E-state index in [-0.39, 0.29) is 0 Å². The highest BCUT2D eigenvalue weighted by Crippen LogP contribution is 2.41. The molecular weight excluding hydrogens is 196 g/mol. The van der Waals surface area contributed by atoms with E-state index in [0.717, 1.165) is 17.6 Å². The lowest BCUT2D eigenvalue weighted by atomic mass is 10.0. The number of hydrogen-bond acceptors (Lipinski definition) is 2. The number of nitrogen functional groups attached to an aromatic ring is 1. The van der Waals surface area contributed by atoms with Crippen LogP contribution in [0, 0.1) is 5.92 Å². The monoisotopic (exact) mass is 216 g/mol. The second kappa shape index (κ2) is 3.77. The Balaban J connectivity index is 1.77. The highest BCUT2D eigenvalue weighted by atomic mass is 15.2. The van der Waals surface area contributed by atoms with Gasteiger partial charge in [-0.25, -0.2) is 0 Å². The van der Waals surface area contributed by atoms with Crippen molar-refractivity contribution in [2.24, 2.45) is 5.92 Å². The topological polar surface area (TPSA) is 29.3 Å². The van der Waals surface area contributed by atoms with Crippen molar-refractivity contribution in [2.45, 2.75) is 38.3 Å². The Labute approximate surface area is 97.4 Å². The maximum atomic E-state index is 5.73. The molecule has 2 fully saturated rings. The number of likely N-dealkylation sites (tertiary alicyclic amines) is 1. The summed E-state index contributed by atoms with van der Waals surface area (Å²) < 4.78 is 0. The van der Waals surface area contributed by atoms with Crippen LogP contribution in [-0.2, 0) is 0 Å². The van der Waals surface area contributed by atoms with E-state index in [1.807, 2.05) is 12.1 Å². The van der Waals surface area contributed by atoms with Crippen LogP contribution in [-0.4, -0.2) is 17.5 Å². The number of fused-ring (bicyclic) bond motifs is 2. The van der Waals surface area contributed by atoms with Crippen molar-refractivity contribution in [2.75, 3.05) is 12.3 Å². The molecule has 1 saturated carbocycles. The summed E-state index contributed by atoms with van der Waals surface area (Å²) in [6.07, 6.45) is 4.29. The first kappa shape index (κ1) is 10.2. The summed E-state index contributed by atoms with van der Waals surface area (Å²) in [5, 5.41) is 0. The molecule has 0 amide bonds. The molecule has 16 heavy (non-hydrogen) atoms. The maximum Gasteiger partial charge on any atom is 0.0322 e. The van der Waals surface area contributed by atoms with Crippen LogP contribution in [0.25, 0.3) is 0 Å². The fraction of sp³-hybridized carbons (Fsp3) is 0.571. The zero-order valence-corrected chi connectivity index (χ0v) is 9.89. The van der Waals surface area contributed by atoms with E-state index in [1.165, 1.54) is 31.4 Å². The molecule has 2 N–H and O–H groups in total. The average Bonchev–Trinajstić information content (AvgIpc) is 2.91. The molecule has 1 aliphatic heterocycles. The Bertz CT molecular complexity index is 371. The van der Waals surface area contributed by atoms with Gasteiger partial charge >= 0.3 is 0 Å². The van der Waals surface area contributed by atoms with Gasteiger partial charge < -0.3 is 5.73 Å². The van der Waals surface area contributed by atoms with Gasteiger partial charge in [-0.1, -0.05) is 12.1 Å². The second-order valence-corrected chi connectivity index (χ2v) is 5.37. The van der Waals surface area contributed by atoms with Crippen molar-refractivity contribution in [1.29, 1.82) is 0 Å². The Kier molecular flexibility index (Phi) is 2.40. The quantitative estimate of drug-likeness (QED) is 0.770. The van der Waals surface area contributed by atoms with Crippen molar-refractivity contribution in [3.05, 3.63) is 29.8 Å². The number of rotatable bonds is 2. The lowest BCUT2D eigenvalue weighted by Crippen LogP contribution is -2.34. The van der Waals surface area contributed by atoms with E-state index in [4.69, 9.17) is 5.73 Å². The van der Waals surface area contributed by atoms with Crippen molar-refractivity contribution >= 4 is 5.69 Å². The lowest BCUT2D eigenvalue weighted by molar-refractivity contribution is 0.160. The molecule has 1 heterocycles. The molecule has 1 aliphatic carbocycles. The zero-order valence-electron chi connectivity index (χ0n) is 9.89. The molecule has 0 aromatic heterocycles. The highest BCUT2D eigenvalue weighted by Gasteiger charge is 2.39. The van der Waals surface area contributed by atoms with Crippen LogP contribution < -0.4 is 5.73 Å². The Morgan fingerprint density at radius 1 is 1.25 bits per heavy atom. The van der Waals surface area contributed by atoms with Crippen molar-refractivity contribution < 1.29 is 0 Å². The van der Waals surface area contributed by atoms with Gasteiger partial charge in [0.1, 0.15) is 0 Å². The van der Waals surface area contributed by atoms with Gasteiger partial charge in [-0.15, -0.1) is 0 Å². The summed E-state index contributed by atoms with van der Waals surface area (Å²) >= 11 is 0. The average molecular weight is 216 g/mol. The first-order valence-electron chi connectivity index (χ1n) is 6.35. The van der Waals surface area contributed by atoms with Crippen LogP contribution in [0.2, 0.25) is 0 Å². The standard InChI is InChI=1S/C14H20N2/c1-10(12-3-5-13(15)6-4-12)16-9-11-2-7-14(16)8-11/h3-6,10-11,14H,2,7-9,15H2,1H3. The molecule has 3 atom stereocenters. The highest BCUT2D eigenvalue weighted by molar-refractivity contribution is 5.40. The summed E-state index contributed by atoms with van der Waals surface area (Å²) in [6.45, 7) is 3.63. The van der Waals surface area contributed by atoms with E-state index < -0.39 is 0 Å². The van der Waals surface area contributed by atoms with Crippen LogP contribution in [0.3, 0.4) is 0 Å². The third kappa shape index (κ3) is 1.61. The summed E-state index contributed by atoms with van der Waals surface area (Å²) in [4.78, 5) is 2.68. The summed E-state index contributed by atoms with van der Waals surface area (Å²) in [7, 11) is 0. The third-order valence-electron chi connectivity index (χ3n) is 4.37. The number of anilines is 1. The third-order valence-corrected chi connectivity index (χ3v) is 4.37. The van der Waals surface area contributed by atoms with E-state index in [2.05, 4.69) is 24.0 Å². The fourth-order valence-electron chi connectivity index (χ4n) is 3.40. The number of nitrogens with two attached hydrogens (primary N) is 1. The van der Waals surface area contributed by atoms with Gasteiger partial charge in [0, 0.05) is 24.3 Å². The molecule has 3 unspecified atom stereocenters. The number of benzene rings is 1. The van der Waals surface area contributed by atoms with Gasteiger partial charge in [0.2, 0.25) is 0 Å². The lowest BCUT2D eigenvalue weighted by Gasteiger charge is -2.33. The largest absolute Gasteiger partial charge is 0.399 e. The number of hydrogen-bond donors (Lipinski definition) is 1. The van der Waals surface area contributed by atoms with Gasteiger partial charge in [-0.05, 0) is 49.8 Å². The summed E-state index contributed by atoms with van der Waals surface area (Å²) in [5.74, 6) is 0.973. The number of piperidine rings is 1. The predicted octanol–water partition coefficient (Wildman–Crippen LogP) is 2.81. The fourth-order valence-corrected chi connectivity index (χ4v) is 3.40. The maximum absolute atomic E-state index is 5.73. The van der Waals surface area contributed by atoms with Crippen LogP contribution >= 0.6 is 0 Å². The molecular formula is C14H20N2. The first-order valence-corrected chi connectivity index (χ1v) is 6.35. The molecule has 1 aromatic rings. The molecule has 2 bridgehead atoms. The van der Waals surface area contributed by atoms with E-state index >= 15 is 0 Å². The van der Waals surface area contributed by atoms with E-state index in [1.54, 1.807) is 0 Å². The van der Waals surface area contributed by atoms with Crippen LogP contribution in [0.15, 0.2) is 24.3 Å². The van der Waals surface area contributed by atoms with Gasteiger partial charge in [0.15, 0.2) is 0 Å². The summed E-state index contributed by atoms with van der Waals surface area (Å²) in [6, 6.07) is 9.77. The van der Waals surface area contributed by atoms with E-state index in [9.17, 15) is 0 Å². The Morgan fingerprint density at radius 3 is 2.56 bits per heavy atom. The van der Waals surface area contributed by atoms with Gasteiger partial charge in [0.05, 0.1) is 0 Å². The van der Waals surface area contributed by atoms with Gasteiger partial charge in [0.25, 0.3) is 0 Å². The van der Waals surface area contributed by atoms with Gasteiger partial charge in [-0.3, -0.25) is 4.90 Å². The predicted molar refractivity (Wildman–Crippen MR) is 67.1 cm³/mol. The molecule has 2 nitrogen and oxygen atoms in total. The van der Waals surface area contributed by atoms with Crippen molar-refractivity contribution in [1.82, 2.24) is 4.90 Å². The zero-order chi connectivity index (χ0) is 11.1. The minimum atomic E-state index is 0.552. The molecule has 1 aromatic carbocycles. The molecule has 0 radical (unpaired) electrons. The Hall–Kier alpha value is -1.02. The minimum Gasteiger partial charge on any atom is -0.399 e.